The predicted octanol–water partition coefficient (Wildman–Crippen LogP) is 4.35. The van der Waals surface area contributed by atoms with Gasteiger partial charge < -0.3 is 14.0 Å². The quantitative estimate of drug-likeness (QED) is 0.609. The molecule has 0 radical (unpaired) electrons. The van der Waals surface area contributed by atoms with E-state index in [1.165, 1.54) is 0 Å². The molecule has 140 valence electrons. The molecule has 0 atom stereocenters. The van der Waals surface area contributed by atoms with Crippen LogP contribution >= 0.6 is 0 Å². The second-order valence-corrected chi connectivity index (χ2v) is 6.26. The molecule has 0 amide bonds. The van der Waals surface area contributed by atoms with Crippen LogP contribution in [0.3, 0.4) is 0 Å². The van der Waals surface area contributed by atoms with Crippen molar-refractivity contribution in [1.29, 1.82) is 0 Å². The summed E-state index contributed by atoms with van der Waals surface area (Å²) in [4.78, 5) is 25.5. The predicted molar refractivity (Wildman–Crippen MR) is 104 cm³/mol. The van der Waals surface area contributed by atoms with Crippen LogP contribution in [0.25, 0.3) is 10.9 Å². The fourth-order valence-electron chi connectivity index (χ4n) is 3.22. The van der Waals surface area contributed by atoms with E-state index in [0.717, 1.165) is 16.6 Å². The van der Waals surface area contributed by atoms with Gasteiger partial charge in [0.25, 0.3) is 0 Å². The number of aryl methyl sites for hydroxylation is 1. The van der Waals surface area contributed by atoms with E-state index in [4.69, 9.17) is 9.47 Å². The van der Waals surface area contributed by atoms with E-state index in [9.17, 15) is 9.59 Å². The van der Waals surface area contributed by atoms with Crippen LogP contribution in [0.5, 0.6) is 0 Å². The first-order valence-electron chi connectivity index (χ1n) is 9.07. The molecule has 0 aliphatic heterocycles. The van der Waals surface area contributed by atoms with Crippen molar-refractivity contribution in [3.8, 4) is 0 Å². The molecule has 3 rings (SSSR count). The summed E-state index contributed by atoms with van der Waals surface area (Å²) in [5.74, 6) is -1.03. The van der Waals surface area contributed by atoms with Gasteiger partial charge in [-0.25, -0.2) is 9.59 Å². The molecular weight excluding hydrogens is 342 g/mol. The maximum absolute atomic E-state index is 12.8. The lowest BCUT2D eigenvalue weighted by molar-refractivity contribution is 0.0472. The Bertz CT molecular complexity index is 973. The number of ether oxygens (including phenoxy) is 2. The molecule has 0 bridgehead atoms. The summed E-state index contributed by atoms with van der Waals surface area (Å²) >= 11 is 0. The van der Waals surface area contributed by atoms with Crippen LogP contribution in [0.1, 0.15) is 45.8 Å². The number of hydrogen-bond acceptors (Lipinski definition) is 4. The zero-order valence-corrected chi connectivity index (χ0v) is 15.8. The Morgan fingerprint density at radius 3 is 2.26 bits per heavy atom. The Morgan fingerprint density at radius 2 is 1.59 bits per heavy atom. The minimum Gasteiger partial charge on any atom is -0.462 e. The van der Waals surface area contributed by atoms with Gasteiger partial charge in [0.2, 0.25) is 0 Å². The topological polar surface area (TPSA) is 57.5 Å². The van der Waals surface area contributed by atoms with E-state index in [1.807, 2.05) is 60.0 Å². The van der Waals surface area contributed by atoms with Crippen LogP contribution in [0.15, 0.2) is 48.5 Å². The average Bonchev–Trinajstić information content (AvgIpc) is 2.96. The second-order valence-electron chi connectivity index (χ2n) is 6.26. The number of nitrogens with zero attached hydrogens (tertiary/aromatic N) is 1. The highest BCUT2D eigenvalue weighted by molar-refractivity contribution is 6.13. The summed E-state index contributed by atoms with van der Waals surface area (Å²) in [7, 11) is 0. The van der Waals surface area contributed by atoms with Crippen molar-refractivity contribution in [3.63, 3.8) is 0 Å². The number of fused-ring (bicyclic) bond motifs is 1. The molecule has 0 spiro atoms. The molecule has 0 saturated heterocycles. The molecule has 2 aromatic carbocycles. The third-order valence-electron chi connectivity index (χ3n) is 4.35. The highest BCUT2D eigenvalue weighted by Crippen LogP contribution is 2.30. The number of hydrogen-bond donors (Lipinski definition) is 0. The summed E-state index contributed by atoms with van der Waals surface area (Å²) in [6.45, 7) is 6.36. The SMILES string of the molecule is CCOC(=O)c1c(C(=O)OCC)n(Cc2ccccc2)c2ccc(C)cc12. The average molecular weight is 365 g/mol. The Balaban J connectivity index is 2.29. The highest BCUT2D eigenvalue weighted by Gasteiger charge is 2.29. The number of esters is 2. The van der Waals surface area contributed by atoms with Crippen molar-refractivity contribution in [2.45, 2.75) is 27.3 Å². The number of benzene rings is 2. The first-order valence-corrected chi connectivity index (χ1v) is 9.07. The van der Waals surface area contributed by atoms with E-state index in [2.05, 4.69) is 0 Å². The van der Waals surface area contributed by atoms with Crippen molar-refractivity contribution < 1.29 is 19.1 Å². The van der Waals surface area contributed by atoms with Gasteiger partial charge in [-0.3, -0.25) is 0 Å². The molecule has 0 aliphatic rings. The normalized spacial score (nSPS) is 10.8. The van der Waals surface area contributed by atoms with Crippen LogP contribution in [-0.4, -0.2) is 29.7 Å². The van der Waals surface area contributed by atoms with Gasteiger partial charge in [-0.1, -0.05) is 42.0 Å². The standard InChI is InChI=1S/C22H23NO4/c1-4-26-21(24)19-17-13-15(3)11-12-18(17)23(20(19)22(25)27-5-2)14-16-9-7-6-8-10-16/h6-13H,4-5,14H2,1-3H3. The van der Waals surface area contributed by atoms with E-state index in [1.54, 1.807) is 13.8 Å². The van der Waals surface area contributed by atoms with Crippen LogP contribution in [-0.2, 0) is 16.0 Å². The Morgan fingerprint density at radius 1 is 0.926 bits per heavy atom. The summed E-state index contributed by atoms with van der Waals surface area (Å²) in [6, 6.07) is 15.6. The van der Waals surface area contributed by atoms with Crippen molar-refractivity contribution >= 4 is 22.8 Å². The zero-order chi connectivity index (χ0) is 19.4. The maximum Gasteiger partial charge on any atom is 0.355 e. The van der Waals surface area contributed by atoms with Gasteiger partial charge in [-0.2, -0.15) is 0 Å². The minimum absolute atomic E-state index is 0.229. The summed E-state index contributed by atoms with van der Waals surface area (Å²) in [5, 5.41) is 0.701. The monoisotopic (exact) mass is 365 g/mol. The smallest absolute Gasteiger partial charge is 0.355 e. The summed E-state index contributed by atoms with van der Waals surface area (Å²) in [5.41, 5.74) is 3.33. The van der Waals surface area contributed by atoms with E-state index in [-0.39, 0.29) is 24.5 Å². The second kappa shape index (κ2) is 8.08. The third kappa shape index (κ3) is 3.72. The fourth-order valence-corrected chi connectivity index (χ4v) is 3.22. The van der Waals surface area contributed by atoms with Crippen LogP contribution < -0.4 is 0 Å². The number of carbonyl (C=O) groups is 2. The molecule has 5 heteroatoms. The Hall–Kier alpha value is -3.08. The van der Waals surface area contributed by atoms with Crippen LogP contribution in [0, 0.1) is 6.92 Å². The van der Waals surface area contributed by atoms with E-state index in [0.29, 0.717) is 11.9 Å². The van der Waals surface area contributed by atoms with Gasteiger partial charge >= 0.3 is 11.9 Å². The fraction of sp³-hybridized carbons (Fsp3) is 0.273. The molecule has 0 saturated carbocycles. The molecule has 1 heterocycles. The van der Waals surface area contributed by atoms with Gasteiger partial charge in [-0.05, 0) is 38.5 Å². The molecular formula is C22H23NO4. The van der Waals surface area contributed by atoms with Crippen LogP contribution in [0.4, 0.5) is 0 Å². The van der Waals surface area contributed by atoms with Crippen LogP contribution in [0.2, 0.25) is 0 Å². The summed E-state index contributed by atoms with van der Waals surface area (Å²) in [6.07, 6.45) is 0. The lowest BCUT2D eigenvalue weighted by atomic mass is 10.1. The third-order valence-corrected chi connectivity index (χ3v) is 4.35. The largest absolute Gasteiger partial charge is 0.462 e. The summed E-state index contributed by atoms with van der Waals surface area (Å²) < 4.78 is 12.4. The van der Waals surface area contributed by atoms with Gasteiger partial charge in [-0.15, -0.1) is 0 Å². The van der Waals surface area contributed by atoms with Gasteiger partial charge in [0.05, 0.1) is 13.2 Å². The lowest BCUT2D eigenvalue weighted by Crippen LogP contribution is -2.18. The lowest BCUT2D eigenvalue weighted by Gasteiger charge is -2.11. The van der Waals surface area contributed by atoms with Crippen molar-refractivity contribution in [2.24, 2.45) is 0 Å². The Labute approximate surface area is 158 Å². The molecule has 3 aromatic rings. The molecule has 5 nitrogen and oxygen atoms in total. The highest BCUT2D eigenvalue weighted by atomic mass is 16.5. The van der Waals surface area contributed by atoms with E-state index < -0.39 is 11.9 Å². The number of aromatic nitrogens is 1. The van der Waals surface area contributed by atoms with Gasteiger partial charge in [0.1, 0.15) is 11.3 Å². The van der Waals surface area contributed by atoms with Crippen molar-refractivity contribution in [2.75, 3.05) is 13.2 Å². The first kappa shape index (κ1) is 18.7. The van der Waals surface area contributed by atoms with Gasteiger partial charge in [0.15, 0.2) is 0 Å². The molecule has 0 unspecified atom stereocenters. The molecule has 27 heavy (non-hydrogen) atoms. The zero-order valence-electron chi connectivity index (χ0n) is 15.8. The Kier molecular flexibility index (Phi) is 5.60. The van der Waals surface area contributed by atoms with Crippen molar-refractivity contribution in [1.82, 2.24) is 4.57 Å². The maximum atomic E-state index is 12.8. The van der Waals surface area contributed by atoms with Crippen molar-refractivity contribution in [3.05, 3.63) is 70.9 Å². The first-order chi connectivity index (χ1) is 13.1. The molecule has 0 N–H and O–H groups in total. The number of carbonyl (C=O) groups excluding carboxylic acids is 2. The minimum atomic E-state index is -0.523. The van der Waals surface area contributed by atoms with Gasteiger partial charge in [0, 0.05) is 17.4 Å². The molecule has 0 fully saturated rings. The van der Waals surface area contributed by atoms with E-state index >= 15 is 0 Å². The molecule has 1 aromatic heterocycles. The number of rotatable bonds is 6. The molecule has 0 aliphatic carbocycles.